The summed E-state index contributed by atoms with van der Waals surface area (Å²) in [6, 6.07) is 0.678. The van der Waals surface area contributed by atoms with Gasteiger partial charge in [-0.1, -0.05) is 27.2 Å². The number of hydrogen-bond donors (Lipinski definition) is 1. The van der Waals surface area contributed by atoms with Crippen LogP contribution in [0.25, 0.3) is 0 Å². The smallest absolute Gasteiger partial charge is 0.0593 e. The van der Waals surface area contributed by atoms with Crippen molar-refractivity contribution in [3.8, 4) is 0 Å². The first-order valence-electron chi connectivity index (χ1n) is 8.67. The Bertz CT molecular complexity index is 293. The Kier molecular flexibility index (Phi) is 5.88. The fraction of sp³-hybridized carbons (Fsp3) is 1.00. The van der Waals surface area contributed by atoms with Crippen LogP contribution in [0.15, 0.2) is 0 Å². The van der Waals surface area contributed by atoms with Crippen molar-refractivity contribution in [2.45, 2.75) is 65.0 Å². The minimum atomic E-state index is 0.342. The molecule has 0 spiro atoms. The van der Waals surface area contributed by atoms with E-state index in [1.165, 1.54) is 25.8 Å². The lowest BCUT2D eigenvalue weighted by Gasteiger charge is -2.48. The van der Waals surface area contributed by atoms with Gasteiger partial charge in [0.25, 0.3) is 0 Å². The Hall–Kier alpha value is -0.120. The summed E-state index contributed by atoms with van der Waals surface area (Å²) < 4.78 is 5.73. The van der Waals surface area contributed by atoms with Crippen LogP contribution in [0, 0.1) is 11.8 Å². The van der Waals surface area contributed by atoms with Crippen LogP contribution >= 0.6 is 0 Å². The van der Waals surface area contributed by atoms with Crippen LogP contribution in [-0.2, 0) is 4.74 Å². The summed E-state index contributed by atoms with van der Waals surface area (Å²) in [4.78, 5) is 2.71. The molecule has 0 aromatic carbocycles. The fourth-order valence-electron chi connectivity index (χ4n) is 3.56. The molecule has 0 radical (unpaired) electrons. The van der Waals surface area contributed by atoms with Crippen molar-refractivity contribution >= 4 is 0 Å². The molecule has 0 amide bonds. The van der Waals surface area contributed by atoms with E-state index in [1.54, 1.807) is 0 Å². The Morgan fingerprint density at radius 1 is 1.30 bits per heavy atom. The summed E-state index contributed by atoms with van der Waals surface area (Å²) in [6.07, 6.45) is 5.21. The van der Waals surface area contributed by atoms with Crippen molar-refractivity contribution in [3.63, 3.8) is 0 Å². The monoisotopic (exact) mass is 282 g/mol. The molecule has 1 saturated carbocycles. The summed E-state index contributed by atoms with van der Waals surface area (Å²) in [5.41, 5.74) is 0.342. The lowest BCUT2D eigenvalue weighted by Crippen LogP contribution is -2.65. The Morgan fingerprint density at radius 3 is 2.65 bits per heavy atom. The largest absolute Gasteiger partial charge is 0.380 e. The molecule has 3 heteroatoms. The van der Waals surface area contributed by atoms with Gasteiger partial charge in [-0.25, -0.2) is 0 Å². The van der Waals surface area contributed by atoms with E-state index in [9.17, 15) is 0 Å². The van der Waals surface area contributed by atoms with Gasteiger partial charge in [-0.2, -0.15) is 0 Å². The molecule has 0 aromatic rings. The molecule has 118 valence electrons. The van der Waals surface area contributed by atoms with Gasteiger partial charge in [0, 0.05) is 37.8 Å². The third-order valence-electron chi connectivity index (χ3n) is 5.37. The first kappa shape index (κ1) is 16.3. The van der Waals surface area contributed by atoms with Crippen LogP contribution in [0.1, 0.15) is 53.4 Å². The van der Waals surface area contributed by atoms with Crippen LogP contribution in [0.3, 0.4) is 0 Å². The number of nitrogens with one attached hydrogen (secondary N) is 1. The zero-order valence-corrected chi connectivity index (χ0v) is 14.0. The third-order valence-corrected chi connectivity index (χ3v) is 5.37. The van der Waals surface area contributed by atoms with Crippen LogP contribution < -0.4 is 5.32 Å². The zero-order chi connectivity index (χ0) is 14.6. The summed E-state index contributed by atoms with van der Waals surface area (Å²) >= 11 is 0. The van der Waals surface area contributed by atoms with Crippen molar-refractivity contribution in [2.24, 2.45) is 11.8 Å². The molecule has 20 heavy (non-hydrogen) atoms. The van der Waals surface area contributed by atoms with Gasteiger partial charge in [0.1, 0.15) is 0 Å². The third kappa shape index (κ3) is 3.96. The van der Waals surface area contributed by atoms with Crippen molar-refractivity contribution < 1.29 is 4.74 Å². The SMILES string of the molecule is CCCOCCN1CC(C)(C2CC2)NCC1C(C)CC. The maximum absolute atomic E-state index is 5.73. The van der Waals surface area contributed by atoms with Gasteiger partial charge < -0.3 is 10.1 Å². The summed E-state index contributed by atoms with van der Waals surface area (Å²) in [6.45, 7) is 14.5. The van der Waals surface area contributed by atoms with E-state index in [-0.39, 0.29) is 0 Å². The molecule has 2 rings (SSSR count). The highest BCUT2D eigenvalue weighted by atomic mass is 16.5. The van der Waals surface area contributed by atoms with E-state index < -0.39 is 0 Å². The fourth-order valence-corrected chi connectivity index (χ4v) is 3.56. The minimum absolute atomic E-state index is 0.342. The van der Waals surface area contributed by atoms with E-state index >= 15 is 0 Å². The van der Waals surface area contributed by atoms with Crippen molar-refractivity contribution in [3.05, 3.63) is 0 Å². The highest BCUT2D eigenvalue weighted by Crippen LogP contribution is 2.41. The molecule has 2 aliphatic rings. The molecule has 3 atom stereocenters. The second kappa shape index (κ2) is 7.24. The number of hydrogen-bond acceptors (Lipinski definition) is 3. The van der Waals surface area contributed by atoms with Crippen LogP contribution in [-0.4, -0.2) is 49.3 Å². The van der Waals surface area contributed by atoms with E-state index in [0.29, 0.717) is 11.6 Å². The summed E-state index contributed by atoms with van der Waals surface area (Å²) in [5, 5.41) is 3.87. The average molecular weight is 282 g/mol. The normalized spacial score (nSPS) is 33.3. The van der Waals surface area contributed by atoms with E-state index in [4.69, 9.17) is 4.74 Å². The van der Waals surface area contributed by atoms with E-state index in [2.05, 4.69) is 37.9 Å². The van der Waals surface area contributed by atoms with Crippen LogP contribution in [0.4, 0.5) is 0 Å². The predicted octanol–water partition coefficient (Wildman–Crippen LogP) is 2.90. The maximum Gasteiger partial charge on any atom is 0.0593 e. The van der Waals surface area contributed by atoms with Crippen molar-refractivity contribution in [1.29, 1.82) is 0 Å². The van der Waals surface area contributed by atoms with E-state index in [0.717, 1.165) is 44.6 Å². The predicted molar refractivity (Wildman–Crippen MR) is 85.1 cm³/mol. The highest BCUT2D eigenvalue weighted by molar-refractivity contribution is 5.04. The lowest BCUT2D eigenvalue weighted by atomic mass is 9.87. The minimum Gasteiger partial charge on any atom is -0.380 e. The molecule has 3 unspecified atom stereocenters. The quantitative estimate of drug-likeness (QED) is 0.693. The standard InChI is InChI=1S/C17H34N2O/c1-5-10-20-11-9-19-13-17(4,15-7-8-15)18-12-16(19)14(3)6-2/h14-16,18H,5-13H2,1-4H3. The molecule has 2 fully saturated rings. The summed E-state index contributed by atoms with van der Waals surface area (Å²) in [7, 11) is 0. The molecular formula is C17H34N2O. The van der Waals surface area contributed by atoms with Crippen LogP contribution in [0.5, 0.6) is 0 Å². The van der Waals surface area contributed by atoms with Gasteiger partial charge in [0.15, 0.2) is 0 Å². The Balaban J connectivity index is 1.91. The second-order valence-corrected chi connectivity index (χ2v) is 7.11. The molecule has 0 aromatic heterocycles. The number of nitrogens with zero attached hydrogens (tertiary/aromatic N) is 1. The van der Waals surface area contributed by atoms with Gasteiger partial charge >= 0.3 is 0 Å². The Labute approximate surface area is 125 Å². The lowest BCUT2D eigenvalue weighted by molar-refractivity contribution is 0.0197. The topological polar surface area (TPSA) is 24.5 Å². The van der Waals surface area contributed by atoms with Gasteiger partial charge in [-0.05, 0) is 38.0 Å². The first-order valence-corrected chi connectivity index (χ1v) is 8.67. The first-order chi connectivity index (χ1) is 9.60. The average Bonchev–Trinajstić information content (AvgIpc) is 3.28. The second-order valence-electron chi connectivity index (χ2n) is 7.11. The molecule has 1 saturated heterocycles. The molecule has 0 bridgehead atoms. The van der Waals surface area contributed by atoms with Crippen molar-refractivity contribution in [1.82, 2.24) is 10.2 Å². The van der Waals surface area contributed by atoms with Crippen molar-refractivity contribution in [2.75, 3.05) is 32.8 Å². The molecular weight excluding hydrogens is 248 g/mol. The van der Waals surface area contributed by atoms with E-state index in [1.807, 2.05) is 0 Å². The highest BCUT2D eigenvalue weighted by Gasteiger charge is 2.46. The van der Waals surface area contributed by atoms with Gasteiger partial charge in [0.2, 0.25) is 0 Å². The van der Waals surface area contributed by atoms with Gasteiger partial charge in [-0.3, -0.25) is 4.90 Å². The molecule has 1 aliphatic carbocycles. The summed E-state index contributed by atoms with van der Waals surface area (Å²) in [5.74, 6) is 1.66. The number of piperazine rings is 1. The Morgan fingerprint density at radius 2 is 2.05 bits per heavy atom. The molecule has 3 nitrogen and oxygen atoms in total. The molecule has 1 heterocycles. The molecule has 1 aliphatic heterocycles. The van der Waals surface area contributed by atoms with Gasteiger partial charge in [-0.15, -0.1) is 0 Å². The van der Waals surface area contributed by atoms with Crippen LogP contribution in [0.2, 0.25) is 0 Å². The number of ether oxygens (including phenoxy) is 1. The maximum atomic E-state index is 5.73. The number of rotatable bonds is 8. The van der Waals surface area contributed by atoms with Gasteiger partial charge in [0.05, 0.1) is 6.61 Å². The zero-order valence-electron chi connectivity index (χ0n) is 14.0. The molecule has 1 N–H and O–H groups in total.